The van der Waals surface area contributed by atoms with E-state index in [0.717, 1.165) is 30.8 Å². The van der Waals surface area contributed by atoms with E-state index < -0.39 is 29.8 Å². The molecule has 1 aromatic rings. The molecule has 8 nitrogen and oxygen atoms in total. The second kappa shape index (κ2) is 11.2. The lowest BCUT2D eigenvalue weighted by atomic mass is 9.82. The second-order valence-electron chi connectivity index (χ2n) is 9.18. The Hall–Kier alpha value is -2.00. The lowest BCUT2D eigenvalue weighted by Crippen LogP contribution is -2.47. The van der Waals surface area contributed by atoms with E-state index in [-0.39, 0.29) is 24.7 Å². The van der Waals surface area contributed by atoms with Crippen molar-refractivity contribution < 1.29 is 33.6 Å². The molecule has 0 aliphatic carbocycles. The summed E-state index contributed by atoms with van der Waals surface area (Å²) in [7, 11) is 1.60. The van der Waals surface area contributed by atoms with Crippen LogP contribution < -0.4 is 10.1 Å². The Labute approximate surface area is 189 Å². The van der Waals surface area contributed by atoms with Crippen molar-refractivity contribution in [3.63, 3.8) is 0 Å². The molecular weight excluding hydrogens is 414 g/mol. The molecule has 2 heterocycles. The topological polar surface area (TPSA) is 103 Å². The van der Waals surface area contributed by atoms with Gasteiger partial charge in [-0.15, -0.1) is 0 Å². The van der Waals surface area contributed by atoms with Crippen LogP contribution in [-0.4, -0.2) is 62.0 Å². The number of carbonyl (C=O) groups excluding carboxylic acids is 2. The van der Waals surface area contributed by atoms with E-state index in [1.54, 1.807) is 7.11 Å². The van der Waals surface area contributed by atoms with Crippen LogP contribution in [0, 0.1) is 5.41 Å². The number of nitrogens with one attached hydrogen (secondary N) is 1. The number of aliphatic hydroxyl groups excluding tert-OH is 1. The Morgan fingerprint density at radius 2 is 2.00 bits per heavy atom. The predicted octanol–water partition coefficient (Wildman–Crippen LogP) is 2.53. The highest BCUT2D eigenvalue weighted by Gasteiger charge is 2.42. The molecule has 2 fully saturated rings. The molecule has 3 rings (SSSR count). The van der Waals surface area contributed by atoms with Gasteiger partial charge in [0.05, 0.1) is 19.8 Å². The summed E-state index contributed by atoms with van der Waals surface area (Å²) in [5.74, 6) is 0.259. The quantitative estimate of drug-likeness (QED) is 0.566. The highest BCUT2D eigenvalue weighted by Crippen LogP contribution is 2.37. The number of aliphatic hydroxyl groups is 1. The van der Waals surface area contributed by atoms with Gasteiger partial charge in [-0.2, -0.15) is 0 Å². The molecule has 3 unspecified atom stereocenters. The smallest absolute Gasteiger partial charge is 0.248 e. The fraction of sp³-hybridized carbons (Fsp3) is 0.667. The van der Waals surface area contributed by atoms with E-state index >= 15 is 0 Å². The van der Waals surface area contributed by atoms with Crippen LogP contribution in [0.4, 0.5) is 0 Å². The highest BCUT2D eigenvalue weighted by molar-refractivity contribution is 5.84. The highest BCUT2D eigenvalue weighted by atomic mass is 16.7. The van der Waals surface area contributed by atoms with E-state index in [4.69, 9.17) is 18.9 Å². The van der Waals surface area contributed by atoms with Gasteiger partial charge in [0, 0.05) is 30.6 Å². The number of methoxy groups -OCH3 is 1. The van der Waals surface area contributed by atoms with E-state index in [1.807, 2.05) is 38.1 Å². The third-order valence-corrected chi connectivity index (χ3v) is 5.99. The summed E-state index contributed by atoms with van der Waals surface area (Å²) in [4.78, 5) is 25.0. The fourth-order valence-electron chi connectivity index (χ4n) is 4.03. The monoisotopic (exact) mass is 449 g/mol. The van der Waals surface area contributed by atoms with Crippen molar-refractivity contribution >= 4 is 11.7 Å². The zero-order valence-corrected chi connectivity index (χ0v) is 19.2. The summed E-state index contributed by atoms with van der Waals surface area (Å²) in [5.41, 5.74) is 0.342. The van der Waals surface area contributed by atoms with E-state index in [2.05, 4.69) is 5.32 Å². The third kappa shape index (κ3) is 6.51. The maximum absolute atomic E-state index is 12.9. The Morgan fingerprint density at radius 3 is 2.66 bits per heavy atom. The molecule has 0 spiro atoms. The molecule has 2 saturated heterocycles. The number of ether oxygens (including phenoxy) is 4. The average Bonchev–Trinajstić information content (AvgIpc) is 3.31. The maximum atomic E-state index is 12.9. The summed E-state index contributed by atoms with van der Waals surface area (Å²) in [6.07, 6.45) is 0.384. The normalized spacial score (nSPS) is 25.8. The Morgan fingerprint density at radius 1 is 1.25 bits per heavy atom. The van der Waals surface area contributed by atoms with Gasteiger partial charge in [0.15, 0.2) is 12.1 Å². The van der Waals surface area contributed by atoms with Crippen LogP contribution in [0.1, 0.15) is 57.8 Å². The number of hydrogen-bond donors (Lipinski definition) is 2. The minimum absolute atomic E-state index is 0.0271. The lowest BCUT2D eigenvalue weighted by Gasteiger charge is -2.41. The maximum Gasteiger partial charge on any atom is 0.248 e. The number of carbonyl (C=O) groups is 2. The van der Waals surface area contributed by atoms with Gasteiger partial charge >= 0.3 is 0 Å². The molecule has 2 aliphatic heterocycles. The SMILES string of the molecule is COc1ccc(C2OCC(C)(C)[C@H](C(=O)CCCC(O)C(=O)NCC3CCCO3)O2)cc1. The van der Waals surface area contributed by atoms with Gasteiger partial charge in [0.2, 0.25) is 5.91 Å². The largest absolute Gasteiger partial charge is 0.497 e. The minimum Gasteiger partial charge on any atom is -0.497 e. The van der Waals surface area contributed by atoms with Crippen molar-refractivity contribution in [1.29, 1.82) is 0 Å². The molecule has 0 bridgehead atoms. The zero-order chi connectivity index (χ0) is 23.1. The van der Waals surface area contributed by atoms with Crippen LogP contribution in [-0.2, 0) is 23.8 Å². The third-order valence-electron chi connectivity index (χ3n) is 5.99. The van der Waals surface area contributed by atoms with Crippen LogP contribution in [0.2, 0.25) is 0 Å². The first kappa shape index (κ1) is 24.6. The van der Waals surface area contributed by atoms with Gasteiger partial charge in [-0.1, -0.05) is 26.0 Å². The van der Waals surface area contributed by atoms with Crippen molar-refractivity contribution in [1.82, 2.24) is 5.32 Å². The van der Waals surface area contributed by atoms with Crippen LogP contribution >= 0.6 is 0 Å². The molecule has 0 radical (unpaired) electrons. The van der Waals surface area contributed by atoms with Crippen molar-refractivity contribution in [3.05, 3.63) is 29.8 Å². The first-order valence-electron chi connectivity index (χ1n) is 11.3. The lowest BCUT2D eigenvalue weighted by molar-refractivity contribution is -0.257. The molecule has 2 aliphatic rings. The van der Waals surface area contributed by atoms with Crippen molar-refractivity contribution in [2.75, 3.05) is 26.9 Å². The Bertz CT molecular complexity index is 758. The summed E-state index contributed by atoms with van der Waals surface area (Å²) < 4.78 is 22.6. The number of Topliss-reactive ketones (excluding diaryl/α,β-unsaturated/α-hetero) is 1. The number of ketones is 1. The average molecular weight is 450 g/mol. The van der Waals surface area contributed by atoms with Crippen LogP contribution in [0.5, 0.6) is 5.75 Å². The first-order valence-corrected chi connectivity index (χ1v) is 11.3. The van der Waals surface area contributed by atoms with Gasteiger partial charge in [0.25, 0.3) is 0 Å². The molecule has 2 N–H and O–H groups in total. The Kier molecular flexibility index (Phi) is 8.64. The molecular formula is C24H35NO7. The predicted molar refractivity (Wildman–Crippen MR) is 117 cm³/mol. The molecule has 0 aromatic heterocycles. The number of hydrogen-bond acceptors (Lipinski definition) is 7. The van der Waals surface area contributed by atoms with Crippen LogP contribution in [0.25, 0.3) is 0 Å². The molecule has 178 valence electrons. The molecule has 1 amide bonds. The van der Waals surface area contributed by atoms with Crippen molar-refractivity contribution in [2.45, 2.75) is 70.6 Å². The van der Waals surface area contributed by atoms with Gasteiger partial charge < -0.3 is 29.4 Å². The number of rotatable bonds is 10. The van der Waals surface area contributed by atoms with Gasteiger partial charge in [-0.3, -0.25) is 9.59 Å². The first-order chi connectivity index (χ1) is 15.3. The molecule has 8 heteroatoms. The van der Waals surface area contributed by atoms with E-state index in [1.165, 1.54) is 0 Å². The fourth-order valence-corrected chi connectivity index (χ4v) is 4.03. The van der Waals surface area contributed by atoms with E-state index in [9.17, 15) is 14.7 Å². The van der Waals surface area contributed by atoms with Crippen molar-refractivity contribution in [3.8, 4) is 5.75 Å². The van der Waals surface area contributed by atoms with Gasteiger partial charge in [-0.05, 0) is 37.8 Å². The van der Waals surface area contributed by atoms with Crippen molar-refractivity contribution in [2.24, 2.45) is 5.41 Å². The standard InChI is InChI=1S/C24H35NO7/c1-24(2)15-31-23(16-9-11-17(29-3)12-10-16)32-21(24)19(26)7-4-8-20(27)22(28)25-14-18-6-5-13-30-18/h9-12,18,20-21,23,27H,4-8,13-15H2,1-3H3,(H,25,28)/t18?,20?,21-,23?/m0/s1. The number of amides is 1. The van der Waals surface area contributed by atoms with Crippen LogP contribution in [0.15, 0.2) is 24.3 Å². The molecule has 4 atom stereocenters. The van der Waals surface area contributed by atoms with Gasteiger partial charge in [0.1, 0.15) is 18.0 Å². The van der Waals surface area contributed by atoms with Gasteiger partial charge in [-0.25, -0.2) is 0 Å². The second-order valence-corrected chi connectivity index (χ2v) is 9.18. The molecule has 0 saturated carbocycles. The summed E-state index contributed by atoms with van der Waals surface area (Å²) in [6, 6.07) is 7.36. The Balaban J connectivity index is 1.46. The number of benzene rings is 1. The summed E-state index contributed by atoms with van der Waals surface area (Å²) >= 11 is 0. The molecule has 32 heavy (non-hydrogen) atoms. The minimum atomic E-state index is -1.14. The molecule has 1 aromatic carbocycles. The van der Waals surface area contributed by atoms with E-state index in [0.29, 0.717) is 19.6 Å². The summed E-state index contributed by atoms with van der Waals surface area (Å²) in [5, 5.41) is 12.8. The summed E-state index contributed by atoms with van der Waals surface area (Å²) in [6.45, 7) is 5.38. The van der Waals surface area contributed by atoms with Crippen LogP contribution in [0.3, 0.4) is 0 Å². The zero-order valence-electron chi connectivity index (χ0n) is 19.2.